The number of nitrogens with zero attached hydrogens (tertiary/aromatic N) is 4. The van der Waals surface area contributed by atoms with E-state index in [0.29, 0.717) is 18.2 Å². The molecule has 1 aromatic heterocycles. The summed E-state index contributed by atoms with van der Waals surface area (Å²) in [6.45, 7) is 5.57. The summed E-state index contributed by atoms with van der Waals surface area (Å²) < 4.78 is 7.19. The molecule has 3 rings (SSSR count). The molecule has 1 amide bonds. The molecular formula is C14H21ClN4O2. The normalized spacial score (nSPS) is 19.6. The Labute approximate surface area is 129 Å². The molecule has 2 aliphatic heterocycles. The lowest BCUT2D eigenvalue weighted by Gasteiger charge is -2.30. The summed E-state index contributed by atoms with van der Waals surface area (Å²) in [7, 11) is 1.90. The van der Waals surface area contributed by atoms with Gasteiger partial charge in [0, 0.05) is 46.1 Å². The Hall–Kier alpha value is -1.11. The van der Waals surface area contributed by atoms with Gasteiger partial charge in [-0.3, -0.25) is 9.69 Å². The van der Waals surface area contributed by atoms with Crippen LogP contribution in [-0.4, -0.2) is 64.7 Å². The minimum atomic E-state index is 0.212. The van der Waals surface area contributed by atoms with Gasteiger partial charge in [-0.1, -0.05) is 0 Å². The van der Waals surface area contributed by atoms with Crippen LogP contribution in [0.25, 0.3) is 0 Å². The Bertz CT molecular complexity index is 525. The van der Waals surface area contributed by atoms with Gasteiger partial charge in [0.1, 0.15) is 0 Å². The molecule has 1 saturated heterocycles. The number of hydrogen-bond acceptors (Lipinski definition) is 4. The number of aromatic nitrogens is 2. The Morgan fingerprint density at radius 3 is 2.86 bits per heavy atom. The standard InChI is InChI=1S/C14H21ClN4O2/c1-17-12-10-19(5-2-11(12)16-14(17)15)13(20)3-4-18-6-8-21-9-7-18/h2-10H2,1H3. The molecule has 1 fully saturated rings. The predicted molar refractivity (Wildman–Crippen MR) is 79.2 cm³/mol. The van der Waals surface area contributed by atoms with E-state index < -0.39 is 0 Å². The zero-order valence-electron chi connectivity index (χ0n) is 12.3. The van der Waals surface area contributed by atoms with Gasteiger partial charge in [0.2, 0.25) is 11.2 Å². The van der Waals surface area contributed by atoms with Gasteiger partial charge < -0.3 is 14.2 Å². The Morgan fingerprint density at radius 2 is 2.10 bits per heavy atom. The zero-order valence-corrected chi connectivity index (χ0v) is 13.1. The summed E-state index contributed by atoms with van der Waals surface area (Å²) in [5.74, 6) is 0.212. The summed E-state index contributed by atoms with van der Waals surface area (Å²) >= 11 is 6.04. The number of amides is 1. The second-order valence-corrected chi connectivity index (χ2v) is 5.94. The van der Waals surface area contributed by atoms with Crippen molar-refractivity contribution in [2.24, 2.45) is 7.05 Å². The topological polar surface area (TPSA) is 50.6 Å². The largest absolute Gasteiger partial charge is 0.379 e. The quantitative estimate of drug-likeness (QED) is 0.823. The van der Waals surface area contributed by atoms with Gasteiger partial charge in [0.05, 0.1) is 31.1 Å². The summed E-state index contributed by atoms with van der Waals surface area (Å²) in [4.78, 5) is 20.9. The van der Waals surface area contributed by atoms with Crippen LogP contribution in [0.4, 0.5) is 0 Å². The van der Waals surface area contributed by atoms with Crippen LogP contribution >= 0.6 is 11.6 Å². The van der Waals surface area contributed by atoms with Crippen LogP contribution in [0.2, 0.25) is 5.28 Å². The number of rotatable bonds is 3. The van der Waals surface area contributed by atoms with E-state index in [9.17, 15) is 4.79 Å². The summed E-state index contributed by atoms with van der Waals surface area (Å²) in [6.07, 6.45) is 1.36. The van der Waals surface area contributed by atoms with Crippen molar-refractivity contribution >= 4 is 17.5 Å². The average molecular weight is 313 g/mol. The first-order chi connectivity index (χ1) is 10.1. The third-order valence-corrected chi connectivity index (χ3v) is 4.64. The van der Waals surface area contributed by atoms with Crippen molar-refractivity contribution in [2.45, 2.75) is 19.4 Å². The lowest BCUT2D eigenvalue weighted by molar-refractivity contribution is -0.132. The van der Waals surface area contributed by atoms with Gasteiger partial charge in [-0.05, 0) is 11.6 Å². The third kappa shape index (κ3) is 3.22. The highest BCUT2D eigenvalue weighted by atomic mass is 35.5. The Kier molecular flexibility index (Phi) is 4.47. The van der Waals surface area contributed by atoms with Gasteiger partial charge in [0.15, 0.2) is 0 Å². The maximum atomic E-state index is 12.4. The number of fused-ring (bicyclic) bond motifs is 1. The lowest BCUT2D eigenvalue weighted by Crippen LogP contribution is -2.41. The monoisotopic (exact) mass is 312 g/mol. The predicted octanol–water partition coefficient (Wildman–Crippen LogP) is 0.680. The van der Waals surface area contributed by atoms with Crippen LogP contribution < -0.4 is 0 Å². The van der Waals surface area contributed by atoms with Gasteiger partial charge in [-0.25, -0.2) is 4.98 Å². The number of carbonyl (C=O) groups is 1. The van der Waals surface area contributed by atoms with Gasteiger partial charge in [-0.15, -0.1) is 0 Å². The molecule has 0 radical (unpaired) electrons. The average Bonchev–Trinajstić information content (AvgIpc) is 2.80. The summed E-state index contributed by atoms with van der Waals surface area (Å²) in [5.41, 5.74) is 2.09. The molecule has 0 aromatic carbocycles. The van der Waals surface area contributed by atoms with Crippen molar-refractivity contribution in [1.29, 1.82) is 0 Å². The first-order valence-corrected chi connectivity index (χ1v) is 7.81. The third-order valence-electron chi connectivity index (χ3n) is 4.30. The van der Waals surface area contributed by atoms with Crippen molar-refractivity contribution in [1.82, 2.24) is 19.4 Å². The van der Waals surface area contributed by atoms with E-state index in [0.717, 1.165) is 57.2 Å². The fraction of sp³-hybridized carbons (Fsp3) is 0.714. The van der Waals surface area contributed by atoms with Crippen molar-refractivity contribution in [3.8, 4) is 0 Å². The van der Waals surface area contributed by atoms with Crippen molar-refractivity contribution in [2.75, 3.05) is 39.4 Å². The number of ether oxygens (including phenoxy) is 1. The summed E-state index contributed by atoms with van der Waals surface area (Å²) in [5, 5.41) is 0.502. The molecule has 1 aromatic rings. The highest BCUT2D eigenvalue weighted by Crippen LogP contribution is 2.22. The first-order valence-electron chi connectivity index (χ1n) is 7.43. The van der Waals surface area contributed by atoms with E-state index in [1.54, 1.807) is 0 Å². The molecule has 0 unspecified atom stereocenters. The smallest absolute Gasteiger partial charge is 0.224 e. The van der Waals surface area contributed by atoms with E-state index in [1.165, 1.54) is 0 Å². The fourth-order valence-electron chi connectivity index (χ4n) is 2.90. The summed E-state index contributed by atoms with van der Waals surface area (Å²) in [6, 6.07) is 0. The van der Waals surface area contributed by atoms with Crippen LogP contribution in [0.5, 0.6) is 0 Å². The molecular weight excluding hydrogens is 292 g/mol. The van der Waals surface area contributed by atoms with E-state index in [-0.39, 0.29) is 5.91 Å². The highest BCUT2D eigenvalue weighted by molar-refractivity contribution is 6.28. The van der Waals surface area contributed by atoms with Crippen LogP contribution in [0.1, 0.15) is 17.8 Å². The molecule has 116 valence electrons. The fourth-order valence-corrected chi connectivity index (χ4v) is 3.11. The van der Waals surface area contributed by atoms with Crippen LogP contribution in [0.3, 0.4) is 0 Å². The molecule has 3 heterocycles. The molecule has 6 nitrogen and oxygen atoms in total. The van der Waals surface area contributed by atoms with Gasteiger partial charge >= 0.3 is 0 Å². The Balaban J connectivity index is 1.55. The first kappa shape index (κ1) is 14.8. The molecule has 2 aliphatic rings. The zero-order chi connectivity index (χ0) is 14.8. The Morgan fingerprint density at radius 1 is 1.33 bits per heavy atom. The number of carbonyl (C=O) groups excluding carboxylic acids is 1. The van der Waals surface area contributed by atoms with E-state index in [4.69, 9.17) is 16.3 Å². The maximum absolute atomic E-state index is 12.4. The van der Waals surface area contributed by atoms with E-state index in [2.05, 4.69) is 9.88 Å². The number of morpholine rings is 1. The second-order valence-electron chi connectivity index (χ2n) is 5.60. The number of hydrogen-bond donors (Lipinski definition) is 0. The molecule has 0 spiro atoms. The molecule has 0 aliphatic carbocycles. The molecule has 0 atom stereocenters. The minimum Gasteiger partial charge on any atom is -0.379 e. The van der Waals surface area contributed by atoms with E-state index in [1.807, 2.05) is 16.5 Å². The molecule has 0 bridgehead atoms. The van der Waals surface area contributed by atoms with Gasteiger partial charge in [0.25, 0.3) is 0 Å². The highest BCUT2D eigenvalue weighted by Gasteiger charge is 2.25. The lowest BCUT2D eigenvalue weighted by atomic mass is 10.1. The van der Waals surface area contributed by atoms with Crippen LogP contribution in [0.15, 0.2) is 0 Å². The maximum Gasteiger partial charge on any atom is 0.224 e. The SMILES string of the molecule is Cn1c(Cl)nc2c1CN(C(=O)CCN1CCOCC1)CC2. The van der Waals surface area contributed by atoms with E-state index >= 15 is 0 Å². The van der Waals surface area contributed by atoms with Crippen LogP contribution in [0, 0.1) is 0 Å². The molecule has 0 N–H and O–H groups in total. The number of halogens is 1. The second kappa shape index (κ2) is 6.34. The number of imidazole rings is 1. The van der Waals surface area contributed by atoms with Crippen LogP contribution in [-0.2, 0) is 29.5 Å². The molecule has 7 heteroatoms. The molecule has 21 heavy (non-hydrogen) atoms. The van der Waals surface area contributed by atoms with Gasteiger partial charge in [-0.2, -0.15) is 0 Å². The molecule has 0 saturated carbocycles. The minimum absolute atomic E-state index is 0.212. The van der Waals surface area contributed by atoms with Crippen molar-refractivity contribution in [3.63, 3.8) is 0 Å². The van der Waals surface area contributed by atoms with Crippen molar-refractivity contribution in [3.05, 3.63) is 16.7 Å². The van der Waals surface area contributed by atoms with Crippen molar-refractivity contribution < 1.29 is 9.53 Å².